The molecule has 3 atom stereocenters. The lowest BCUT2D eigenvalue weighted by atomic mass is 9.83. The molecule has 2 rings (SSSR count). The van der Waals surface area contributed by atoms with E-state index in [4.69, 9.17) is 0 Å². The van der Waals surface area contributed by atoms with Gasteiger partial charge in [-0.2, -0.15) is 0 Å². The maximum atomic E-state index is 9.38. The fraction of sp³-hybridized carbons (Fsp3) is 0.647. The highest BCUT2D eigenvalue weighted by atomic mass is 16.3. The van der Waals surface area contributed by atoms with E-state index in [9.17, 15) is 5.11 Å². The van der Waals surface area contributed by atoms with Crippen LogP contribution in [0.25, 0.3) is 0 Å². The highest BCUT2D eigenvalue weighted by Crippen LogP contribution is 2.29. The zero-order valence-electron chi connectivity index (χ0n) is 12.2. The Kier molecular flexibility index (Phi) is 5.26. The Morgan fingerprint density at radius 1 is 1.21 bits per heavy atom. The van der Waals surface area contributed by atoms with E-state index in [-0.39, 0.29) is 0 Å². The molecule has 2 nitrogen and oxygen atoms in total. The van der Waals surface area contributed by atoms with E-state index in [1.165, 1.54) is 37.7 Å². The average molecular weight is 261 g/mol. The van der Waals surface area contributed by atoms with Crippen LogP contribution in [0.2, 0.25) is 0 Å². The summed E-state index contributed by atoms with van der Waals surface area (Å²) in [5.74, 6) is 1.26. The summed E-state index contributed by atoms with van der Waals surface area (Å²) in [4.78, 5) is 0. The molecular weight excluding hydrogens is 234 g/mol. The van der Waals surface area contributed by atoms with Crippen molar-refractivity contribution in [2.24, 2.45) is 5.92 Å². The zero-order chi connectivity index (χ0) is 13.7. The summed E-state index contributed by atoms with van der Waals surface area (Å²) < 4.78 is 0. The van der Waals surface area contributed by atoms with Crippen LogP contribution in [0, 0.1) is 5.92 Å². The molecule has 3 unspecified atom stereocenters. The molecule has 19 heavy (non-hydrogen) atoms. The van der Waals surface area contributed by atoms with E-state index in [2.05, 4.69) is 19.2 Å². The molecule has 0 aliphatic heterocycles. The van der Waals surface area contributed by atoms with Crippen LogP contribution < -0.4 is 5.32 Å². The topological polar surface area (TPSA) is 32.3 Å². The van der Waals surface area contributed by atoms with Gasteiger partial charge in [-0.3, -0.25) is 0 Å². The first-order valence-electron chi connectivity index (χ1n) is 7.77. The van der Waals surface area contributed by atoms with Gasteiger partial charge in [-0.05, 0) is 42.9 Å². The molecule has 0 spiro atoms. The first kappa shape index (κ1) is 14.4. The maximum absolute atomic E-state index is 9.38. The smallest absolute Gasteiger partial charge is 0.115 e. The number of phenolic OH excluding ortho intramolecular Hbond substituents is 1. The fourth-order valence-corrected chi connectivity index (χ4v) is 3.25. The Morgan fingerprint density at radius 2 is 1.95 bits per heavy atom. The van der Waals surface area contributed by atoms with Gasteiger partial charge in [-0.15, -0.1) is 0 Å². The standard InChI is InChI=1S/C17H27NO/c1-3-13-6-5-7-15(12-13)18-17(4-2)14-8-10-16(19)11-9-14/h8-11,13,15,17-19H,3-7,12H2,1-2H3. The molecule has 0 heterocycles. The van der Waals surface area contributed by atoms with Crippen molar-refractivity contribution in [3.63, 3.8) is 0 Å². The third-order valence-corrected chi connectivity index (χ3v) is 4.50. The molecule has 1 saturated carbocycles. The van der Waals surface area contributed by atoms with E-state index in [1.807, 2.05) is 12.1 Å². The molecule has 106 valence electrons. The fourth-order valence-electron chi connectivity index (χ4n) is 3.25. The second kappa shape index (κ2) is 6.95. The highest BCUT2D eigenvalue weighted by Gasteiger charge is 2.22. The van der Waals surface area contributed by atoms with Crippen LogP contribution in [0.3, 0.4) is 0 Å². The van der Waals surface area contributed by atoms with Gasteiger partial charge in [-0.1, -0.05) is 45.2 Å². The minimum absolute atomic E-state index is 0.349. The number of aromatic hydroxyl groups is 1. The van der Waals surface area contributed by atoms with E-state index < -0.39 is 0 Å². The number of rotatable bonds is 5. The molecule has 1 aliphatic rings. The van der Waals surface area contributed by atoms with Gasteiger partial charge in [0.1, 0.15) is 5.75 Å². The van der Waals surface area contributed by atoms with Crippen molar-refractivity contribution < 1.29 is 5.11 Å². The molecule has 1 aromatic rings. The van der Waals surface area contributed by atoms with E-state index in [0.29, 0.717) is 17.8 Å². The van der Waals surface area contributed by atoms with Crippen LogP contribution in [-0.2, 0) is 0 Å². The van der Waals surface area contributed by atoms with Crippen LogP contribution in [0.1, 0.15) is 64.0 Å². The SMILES string of the molecule is CCC1CCCC(NC(CC)c2ccc(O)cc2)C1. The second-order valence-corrected chi connectivity index (χ2v) is 5.86. The monoisotopic (exact) mass is 261 g/mol. The van der Waals surface area contributed by atoms with Gasteiger partial charge in [0.2, 0.25) is 0 Å². The second-order valence-electron chi connectivity index (χ2n) is 5.86. The summed E-state index contributed by atoms with van der Waals surface area (Å²) in [6, 6.07) is 8.73. The quantitative estimate of drug-likeness (QED) is 0.823. The Labute approximate surface area is 117 Å². The third kappa shape index (κ3) is 3.97. The normalized spacial score (nSPS) is 25.2. The summed E-state index contributed by atoms with van der Waals surface area (Å²) >= 11 is 0. The zero-order valence-corrected chi connectivity index (χ0v) is 12.2. The third-order valence-electron chi connectivity index (χ3n) is 4.50. The Morgan fingerprint density at radius 3 is 2.58 bits per heavy atom. The van der Waals surface area contributed by atoms with E-state index in [0.717, 1.165) is 12.3 Å². The lowest BCUT2D eigenvalue weighted by molar-refractivity contribution is 0.260. The van der Waals surface area contributed by atoms with Gasteiger partial charge >= 0.3 is 0 Å². The molecule has 2 heteroatoms. The molecule has 2 N–H and O–H groups in total. The summed E-state index contributed by atoms with van der Waals surface area (Å²) in [5, 5.41) is 13.2. The van der Waals surface area contributed by atoms with E-state index >= 15 is 0 Å². The number of benzene rings is 1. The summed E-state index contributed by atoms with van der Waals surface area (Å²) in [6.45, 7) is 4.54. The number of hydrogen-bond donors (Lipinski definition) is 2. The maximum Gasteiger partial charge on any atom is 0.115 e. The minimum Gasteiger partial charge on any atom is -0.508 e. The molecule has 1 fully saturated rings. The molecule has 0 saturated heterocycles. The van der Waals surface area contributed by atoms with Crippen molar-refractivity contribution in [2.75, 3.05) is 0 Å². The highest BCUT2D eigenvalue weighted by molar-refractivity contribution is 5.28. The first-order chi connectivity index (χ1) is 9.22. The van der Waals surface area contributed by atoms with Crippen LogP contribution in [0.5, 0.6) is 5.75 Å². The largest absolute Gasteiger partial charge is 0.508 e. The van der Waals surface area contributed by atoms with E-state index in [1.54, 1.807) is 12.1 Å². The average Bonchev–Trinajstić information content (AvgIpc) is 2.46. The van der Waals surface area contributed by atoms with Gasteiger partial charge in [0.25, 0.3) is 0 Å². The Bertz CT molecular complexity index is 373. The Balaban J connectivity index is 1.96. The predicted octanol–water partition coefficient (Wildman–Crippen LogP) is 4.40. The van der Waals surface area contributed by atoms with Crippen LogP contribution in [0.4, 0.5) is 0 Å². The van der Waals surface area contributed by atoms with Crippen molar-refractivity contribution in [3.05, 3.63) is 29.8 Å². The van der Waals surface area contributed by atoms with Crippen molar-refractivity contribution in [1.29, 1.82) is 0 Å². The molecule has 0 bridgehead atoms. The van der Waals surface area contributed by atoms with Crippen LogP contribution in [0.15, 0.2) is 24.3 Å². The minimum atomic E-state index is 0.349. The lowest BCUT2D eigenvalue weighted by Gasteiger charge is -2.32. The summed E-state index contributed by atoms with van der Waals surface area (Å²) in [7, 11) is 0. The summed E-state index contributed by atoms with van der Waals surface area (Å²) in [5.41, 5.74) is 1.29. The first-order valence-corrected chi connectivity index (χ1v) is 7.77. The predicted molar refractivity (Wildman–Crippen MR) is 80.3 cm³/mol. The molecular formula is C17H27NO. The molecule has 0 radical (unpaired) electrons. The van der Waals surface area contributed by atoms with Crippen LogP contribution >= 0.6 is 0 Å². The lowest BCUT2D eigenvalue weighted by Crippen LogP contribution is -2.36. The molecule has 0 aromatic heterocycles. The molecule has 1 aromatic carbocycles. The summed E-state index contributed by atoms with van der Waals surface area (Å²) in [6.07, 6.45) is 7.81. The molecule has 1 aliphatic carbocycles. The van der Waals surface area contributed by atoms with Crippen molar-refractivity contribution in [3.8, 4) is 5.75 Å². The molecule has 0 amide bonds. The number of phenols is 1. The van der Waals surface area contributed by atoms with Crippen LogP contribution in [-0.4, -0.2) is 11.1 Å². The van der Waals surface area contributed by atoms with Gasteiger partial charge in [-0.25, -0.2) is 0 Å². The van der Waals surface area contributed by atoms with Gasteiger partial charge < -0.3 is 10.4 Å². The Hall–Kier alpha value is -1.02. The van der Waals surface area contributed by atoms with Crippen molar-refractivity contribution in [1.82, 2.24) is 5.32 Å². The number of hydrogen-bond acceptors (Lipinski definition) is 2. The van der Waals surface area contributed by atoms with Gasteiger partial charge in [0.15, 0.2) is 0 Å². The number of nitrogens with one attached hydrogen (secondary N) is 1. The van der Waals surface area contributed by atoms with Gasteiger partial charge in [0, 0.05) is 12.1 Å². The van der Waals surface area contributed by atoms with Gasteiger partial charge in [0.05, 0.1) is 0 Å². The van der Waals surface area contributed by atoms with Crippen molar-refractivity contribution in [2.45, 2.75) is 64.5 Å². The van der Waals surface area contributed by atoms with Crippen molar-refractivity contribution >= 4 is 0 Å².